The average molecular weight is 417 g/mol. The van der Waals surface area contributed by atoms with Crippen LogP contribution in [0.5, 0.6) is 0 Å². The lowest BCUT2D eigenvalue weighted by molar-refractivity contribution is -0.129. The summed E-state index contributed by atoms with van der Waals surface area (Å²) in [5, 5.41) is 10.4. The van der Waals surface area contributed by atoms with Crippen molar-refractivity contribution in [3.63, 3.8) is 0 Å². The second-order valence-electron chi connectivity index (χ2n) is 7.57. The molecule has 0 aliphatic carbocycles. The second kappa shape index (κ2) is 8.02. The third-order valence-corrected chi connectivity index (χ3v) is 5.09. The highest BCUT2D eigenvalue weighted by molar-refractivity contribution is 6.32. The summed E-state index contributed by atoms with van der Waals surface area (Å²) in [6.07, 6.45) is 6.89. The van der Waals surface area contributed by atoms with E-state index in [2.05, 4.69) is 25.7 Å². The normalized spacial score (nSPS) is 14.1. The summed E-state index contributed by atoms with van der Waals surface area (Å²) >= 11 is 0. The molecule has 31 heavy (non-hydrogen) atoms. The van der Waals surface area contributed by atoms with Crippen molar-refractivity contribution >= 4 is 28.9 Å². The molecule has 0 unspecified atom stereocenters. The van der Waals surface area contributed by atoms with Gasteiger partial charge in [0.25, 0.3) is 5.91 Å². The van der Waals surface area contributed by atoms with Crippen LogP contribution in [0.15, 0.2) is 48.7 Å². The minimum atomic E-state index is -0.205. The Morgan fingerprint density at radius 2 is 2.03 bits per heavy atom. The predicted molar refractivity (Wildman–Crippen MR) is 118 cm³/mol. The Morgan fingerprint density at radius 3 is 2.77 bits per heavy atom. The van der Waals surface area contributed by atoms with E-state index in [1.165, 1.54) is 4.90 Å². The maximum absolute atomic E-state index is 12.7. The number of likely N-dealkylation sites (N-methyl/N-ethyl adjacent to an activating group) is 1. The van der Waals surface area contributed by atoms with Crippen molar-refractivity contribution in [3.05, 3.63) is 59.8 Å². The summed E-state index contributed by atoms with van der Waals surface area (Å²) in [6.45, 7) is 3.97. The lowest BCUT2D eigenvalue weighted by atomic mass is 10.0. The number of hydrogen-bond donors (Lipinski definition) is 2. The fourth-order valence-corrected chi connectivity index (χ4v) is 3.37. The van der Waals surface area contributed by atoms with Crippen LogP contribution < -0.4 is 10.6 Å². The molecule has 0 saturated carbocycles. The first-order valence-electron chi connectivity index (χ1n) is 9.77. The molecule has 0 fully saturated rings. The van der Waals surface area contributed by atoms with Crippen LogP contribution in [0.25, 0.3) is 16.8 Å². The summed E-state index contributed by atoms with van der Waals surface area (Å²) in [6, 6.07) is 5.58. The highest BCUT2D eigenvalue weighted by atomic mass is 16.2. The number of fused-ring (bicyclic) bond motifs is 1. The number of amides is 2. The van der Waals surface area contributed by atoms with Crippen LogP contribution in [0, 0.1) is 6.92 Å². The molecule has 0 spiro atoms. The smallest absolute Gasteiger partial charge is 0.258 e. The minimum absolute atomic E-state index is 0.0560. The van der Waals surface area contributed by atoms with Crippen LogP contribution in [0.4, 0.5) is 11.5 Å². The van der Waals surface area contributed by atoms with E-state index < -0.39 is 0 Å². The Kier molecular flexibility index (Phi) is 5.24. The zero-order chi connectivity index (χ0) is 22.1. The SMILES string of the molecule is C/C(Nc1ccn(CC(=O)N(C)C)n1)=C1/C(=O)Nc2cnc(-c3cnccc3C)cc21. The molecule has 1 aliphatic rings. The van der Waals surface area contributed by atoms with Gasteiger partial charge in [-0.25, -0.2) is 0 Å². The lowest BCUT2D eigenvalue weighted by Crippen LogP contribution is -2.26. The van der Waals surface area contributed by atoms with Gasteiger partial charge >= 0.3 is 0 Å². The maximum Gasteiger partial charge on any atom is 0.258 e. The molecule has 2 N–H and O–H groups in total. The predicted octanol–water partition coefficient (Wildman–Crippen LogP) is 2.53. The number of carbonyl (C=O) groups is 2. The Morgan fingerprint density at radius 1 is 1.23 bits per heavy atom. The van der Waals surface area contributed by atoms with E-state index in [0.29, 0.717) is 22.8 Å². The summed E-state index contributed by atoms with van der Waals surface area (Å²) in [7, 11) is 3.40. The molecular weight excluding hydrogens is 394 g/mol. The average Bonchev–Trinajstić information content (AvgIpc) is 3.30. The molecule has 2 amide bonds. The summed E-state index contributed by atoms with van der Waals surface area (Å²) in [5.74, 6) is 0.291. The van der Waals surface area contributed by atoms with Gasteiger partial charge in [0, 0.05) is 55.6 Å². The number of nitrogens with one attached hydrogen (secondary N) is 2. The van der Waals surface area contributed by atoms with Gasteiger partial charge in [-0.15, -0.1) is 0 Å². The summed E-state index contributed by atoms with van der Waals surface area (Å²) in [5.41, 5.74) is 5.33. The van der Waals surface area contributed by atoms with Gasteiger partial charge in [-0.3, -0.25) is 24.2 Å². The van der Waals surface area contributed by atoms with E-state index in [-0.39, 0.29) is 18.4 Å². The number of anilines is 2. The minimum Gasteiger partial charge on any atom is -0.347 e. The van der Waals surface area contributed by atoms with Crippen LogP contribution >= 0.6 is 0 Å². The van der Waals surface area contributed by atoms with Gasteiger partial charge in [0.2, 0.25) is 5.91 Å². The van der Waals surface area contributed by atoms with Gasteiger partial charge in [-0.2, -0.15) is 5.10 Å². The van der Waals surface area contributed by atoms with Gasteiger partial charge < -0.3 is 15.5 Å². The quantitative estimate of drug-likeness (QED) is 0.618. The van der Waals surface area contributed by atoms with Crippen molar-refractivity contribution in [3.8, 4) is 11.3 Å². The molecule has 0 bridgehead atoms. The lowest BCUT2D eigenvalue weighted by Gasteiger charge is -2.10. The Labute approximate surface area is 179 Å². The zero-order valence-electron chi connectivity index (χ0n) is 17.8. The molecule has 0 atom stereocenters. The van der Waals surface area contributed by atoms with Crippen molar-refractivity contribution < 1.29 is 9.59 Å². The first kappa shape index (κ1) is 20.3. The third kappa shape index (κ3) is 4.02. The molecule has 0 radical (unpaired) electrons. The van der Waals surface area contributed by atoms with Crippen LogP contribution in [0.1, 0.15) is 18.1 Å². The van der Waals surface area contributed by atoms with Gasteiger partial charge in [0.1, 0.15) is 6.54 Å². The number of rotatable bonds is 5. The monoisotopic (exact) mass is 417 g/mol. The molecule has 4 rings (SSSR count). The molecule has 9 nitrogen and oxygen atoms in total. The van der Waals surface area contributed by atoms with E-state index >= 15 is 0 Å². The number of nitrogens with zero attached hydrogens (tertiary/aromatic N) is 5. The van der Waals surface area contributed by atoms with E-state index in [9.17, 15) is 9.59 Å². The Bertz CT molecular complexity index is 1210. The Balaban J connectivity index is 1.64. The number of carbonyl (C=O) groups excluding carboxylic acids is 2. The third-order valence-electron chi connectivity index (χ3n) is 5.09. The second-order valence-corrected chi connectivity index (χ2v) is 7.57. The number of allylic oxidation sites excluding steroid dienone is 1. The van der Waals surface area contributed by atoms with Crippen LogP contribution in [0.3, 0.4) is 0 Å². The molecule has 1 aliphatic heterocycles. The van der Waals surface area contributed by atoms with Crippen molar-refractivity contribution in [2.75, 3.05) is 24.7 Å². The van der Waals surface area contributed by atoms with Crippen LogP contribution in [-0.4, -0.2) is 50.6 Å². The highest BCUT2D eigenvalue weighted by Crippen LogP contribution is 2.36. The molecule has 3 aromatic heterocycles. The van der Waals surface area contributed by atoms with Crippen molar-refractivity contribution in [2.45, 2.75) is 20.4 Å². The van der Waals surface area contributed by atoms with Gasteiger partial charge in [0.05, 0.1) is 23.2 Å². The molecular formula is C22H23N7O2. The van der Waals surface area contributed by atoms with E-state index in [0.717, 1.165) is 22.4 Å². The van der Waals surface area contributed by atoms with Gasteiger partial charge in [-0.05, 0) is 31.5 Å². The van der Waals surface area contributed by atoms with Crippen molar-refractivity contribution in [1.82, 2.24) is 24.6 Å². The molecule has 3 aromatic rings. The van der Waals surface area contributed by atoms with Crippen molar-refractivity contribution in [2.24, 2.45) is 0 Å². The molecule has 4 heterocycles. The van der Waals surface area contributed by atoms with E-state index in [1.54, 1.807) is 49.6 Å². The van der Waals surface area contributed by atoms with Gasteiger partial charge in [0.15, 0.2) is 5.82 Å². The van der Waals surface area contributed by atoms with E-state index in [1.807, 2.05) is 26.0 Å². The Hall–Kier alpha value is -4.01. The molecule has 9 heteroatoms. The number of aromatic nitrogens is 4. The van der Waals surface area contributed by atoms with Crippen LogP contribution in [-0.2, 0) is 16.1 Å². The molecule has 158 valence electrons. The molecule has 0 saturated heterocycles. The van der Waals surface area contributed by atoms with E-state index in [4.69, 9.17) is 0 Å². The summed E-state index contributed by atoms with van der Waals surface area (Å²) in [4.78, 5) is 34.7. The largest absolute Gasteiger partial charge is 0.347 e. The first-order valence-corrected chi connectivity index (χ1v) is 9.77. The fourth-order valence-electron chi connectivity index (χ4n) is 3.37. The van der Waals surface area contributed by atoms with Crippen LogP contribution in [0.2, 0.25) is 0 Å². The first-order chi connectivity index (χ1) is 14.8. The topological polar surface area (TPSA) is 105 Å². The molecule has 0 aromatic carbocycles. The van der Waals surface area contributed by atoms with Gasteiger partial charge in [-0.1, -0.05) is 0 Å². The highest BCUT2D eigenvalue weighted by Gasteiger charge is 2.28. The van der Waals surface area contributed by atoms with Crippen molar-refractivity contribution in [1.29, 1.82) is 0 Å². The zero-order valence-corrected chi connectivity index (χ0v) is 17.8. The maximum atomic E-state index is 12.7. The number of hydrogen-bond acceptors (Lipinski definition) is 6. The number of aryl methyl sites for hydroxylation is 1. The fraction of sp³-hybridized carbons (Fsp3) is 0.227. The standard InChI is InChI=1S/C22H23N7O2/c1-13-5-7-23-10-16(13)17-9-15-18(11-24-17)26-22(31)21(15)14(2)25-19-6-8-29(27-19)12-20(30)28(3)4/h5-11H,12H2,1-4H3,(H,25,27)(H,26,31)/b21-14-. The summed E-state index contributed by atoms with van der Waals surface area (Å²) < 4.78 is 1.55. The number of pyridine rings is 2.